The minimum absolute atomic E-state index is 0.0709. The molecule has 254 valence electrons. The van der Waals surface area contributed by atoms with Crippen molar-refractivity contribution in [1.82, 2.24) is 4.98 Å². The van der Waals surface area contributed by atoms with Crippen LogP contribution in [0, 0.1) is 22.7 Å². The number of pyridine rings is 1. The first-order chi connectivity index (χ1) is 23.5. The molecule has 9 nitrogen and oxygen atoms in total. The molecule has 4 heterocycles. The molecule has 3 fully saturated rings. The minimum atomic E-state index is -1.25. The van der Waals surface area contributed by atoms with Crippen molar-refractivity contribution in [2.75, 3.05) is 6.61 Å². The van der Waals surface area contributed by atoms with E-state index in [0.29, 0.717) is 30.6 Å². The molecule has 49 heavy (non-hydrogen) atoms. The van der Waals surface area contributed by atoms with Crippen LogP contribution in [0.25, 0.3) is 11.3 Å². The number of nitrogens with zero attached hydrogens (tertiary/aromatic N) is 1. The van der Waals surface area contributed by atoms with Gasteiger partial charge in [0.05, 0.1) is 24.4 Å². The van der Waals surface area contributed by atoms with Gasteiger partial charge in [-0.05, 0) is 67.9 Å². The maximum absolute atomic E-state index is 13.8. The molecule has 2 saturated carbocycles. The van der Waals surface area contributed by atoms with Crippen LogP contribution in [0.4, 0.5) is 0 Å². The summed E-state index contributed by atoms with van der Waals surface area (Å²) in [4.78, 5) is 31.7. The van der Waals surface area contributed by atoms with Crippen molar-refractivity contribution >= 4 is 21.9 Å². The van der Waals surface area contributed by atoms with Gasteiger partial charge in [0, 0.05) is 45.4 Å². The largest absolute Gasteiger partial charge is 0.482 e. The summed E-state index contributed by atoms with van der Waals surface area (Å²) >= 11 is 3.46. The summed E-state index contributed by atoms with van der Waals surface area (Å²) in [7, 11) is 0. The fourth-order valence-corrected chi connectivity index (χ4v) is 9.85. The number of benzene rings is 2. The summed E-state index contributed by atoms with van der Waals surface area (Å²) in [5.41, 5.74) is -0.909. The van der Waals surface area contributed by atoms with E-state index in [1.54, 1.807) is 48.8 Å². The molecular weight excluding hydrogens is 690 g/mol. The van der Waals surface area contributed by atoms with E-state index in [2.05, 4.69) is 34.8 Å². The fourth-order valence-electron chi connectivity index (χ4n) is 9.45. The zero-order valence-electron chi connectivity index (χ0n) is 27.5. The Morgan fingerprint density at radius 3 is 2.59 bits per heavy atom. The van der Waals surface area contributed by atoms with Crippen molar-refractivity contribution in [3.63, 3.8) is 0 Å². The van der Waals surface area contributed by atoms with Crippen LogP contribution in [0.5, 0.6) is 5.75 Å². The summed E-state index contributed by atoms with van der Waals surface area (Å²) in [6.07, 6.45) is 2.41. The van der Waals surface area contributed by atoms with Crippen molar-refractivity contribution in [3.8, 4) is 17.1 Å². The number of aliphatic hydroxyl groups excluding tert-OH is 1. The SMILES string of the molecule is C[C@@]12CO[C@@H](c3ccccc3)O[C@H]1CC[C@@]1(C)[C@H]2C[C@H](OC(=O)c2cccc(Br)c2)[C@@]2(C)Oc3cc(-c4cccnc4)oc(=O)c3[C@H](O)[C@H]12. The van der Waals surface area contributed by atoms with E-state index in [9.17, 15) is 14.7 Å². The van der Waals surface area contributed by atoms with E-state index in [4.69, 9.17) is 23.4 Å². The van der Waals surface area contributed by atoms with Crippen molar-refractivity contribution in [2.45, 2.75) is 70.2 Å². The average Bonchev–Trinajstić information content (AvgIpc) is 3.09. The number of ether oxygens (including phenoxy) is 4. The van der Waals surface area contributed by atoms with Gasteiger partial charge in [-0.15, -0.1) is 0 Å². The number of aliphatic hydroxyl groups is 1. The Bertz CT molecular complexity index is 1950. The Morgan fingerprint density at radius 1 is 1.02 bits per heavy atom. The molecule has 1 saturated heterocycles. The first kappa shape index (κ1) is 32.4. The molecule has 0 unspecified atom stereocenters. The molecule has 0 amide bonds. The van der Waals surface area contributed by atoms with Crippen LogP contribution in [-0.2, 0) is 14.2 Å². The lowest BCUT2D eigenvalue weighted by atomic mass is 9.42. The summed E-state index contributed by atoms with van der Waals surface area (Å²) in [6, 6.07) is 22.1. The van der Waals surface area contributed by atoms with E-state index >= 15 is 0 Å². The third-order valence-electron chi connectivity index (χ3n) is 11.7. The second-order valence-corrected chi connectivity index (χ2v) is 15.5. The average molecular weight is 729 g/mol. The standard InChI is InChI=1S/C39H38BrNO8/c1-37-15-14-29-38(2,21-45-36(48-29)22-9-5-4-6-10-22)28(37)19-30(47-34(43)23-11-7-13-25(40)17-23)39(3)33(37)32(42)31-27(49-39)18-26(46-35(31)44)24-12-8-16-41-20-24/h4-13,16-18,20,28-30,32-33,36,42H,14-15,19,21H2,1-3H3/t28-,29+,30+,32+,33-,36-,37+,38+,39-/m1/s1. The molecular formula is C39H38BrNO8. The summed E-state index contributed by atoms with van der Waals surface area (Å²) in [5, 5.41) is 12.4. The van der Waals surface area contributed by atoms with Crippen LogP contribution >= 0.6 is 15.9 Å². The van der Waals surface area contributed by atoms with Crippen LogP contribution in [-0.4, -0.2) is 40.5 Å². The van der Waals surface area contributed by atoms with Gasteiger partial charge in [0.1, 0.15) is 28.8 Å². The topological polar surface area (TPSA) is 117 Å². The lowest BCUT2D eigenvalue weighted by Gasteiger charge is -2.67. The van der Waals surface area contributed by atoms with Crippen LogP contribution < -0.4 is 10.4 Å². The molecule has 4 aromatic rings. The van der Waals surface area contributed by atoms with E-state index in [1.165, 1.54) is 0 Å². The number of carbonyl (C=O) groups is 1. The van der Waals surface area contributed by atoms with Gasteiger partial charge < -0.3 is 28.5 Å². The van der Waals surface area contributed by atoms with E-state index in [-0.39, 0.29) is 29.1 Å². The maximum Gasteiger partial charge on any atom is 0.345 e. The molecule has 0 radical (unpaired) electrons. The number of esters is 1. The highest BCUT2D eigenvalue weighted by atomic mass is 79.9. The molecule has 4 aliphatic rings. The highest BCUT2D eigenvalue weighted by Crippen LogP contribution is 2.68. The van der Waals surface area contributed by atoms with Crippen LogP contribution in [0.2, 0.25) is 0 Å². The molecule has 2 aliphatic carbocycles. The van der Waals surface area contributed by atoms with Gasteiger partial charge in [-0.25, -0.2) is 9.59 Å². The Morgan fingerprint density at radius 2 is 1.84 bits per heavy atom. The first-order valence-electron chi connectivity index (χ1n) is 16.8. The molecule has 1 N–H and O–H groups in total. The van der Waals surface area contributed by atoms with E-state index < -0.39 is 52.4 Å². The lowest BCUT2D eigenvalue weighted by Crippen LogP contribution is -2.71. The zero-order valence-corrected chi connectivity index (χ0v) is 29.1. The van der Waals surface area contributed by atoms with Gasteiger partial charge in [-0.2, -0.15) is 0 Å². The fraction of sp³-hybridized carbons (Fsp3) is 0.410. The van der Waals surface area contributed by atoms with Crippen molar-refractivity contribution in [2.24, 2.45) is 22.7 Å². The molecule has 2 aromatic carbocycles. The molecule has 0 spiro atoms. The van der Waals surface area contributed by atoms with Crippen molar-refractivity contribution < 1.29 is 33.3 Å². The number of hydrogen-bond donors (Lipinski definition) is 1. The second-order valence-electron chi connectivity index (χ2n) is 14.5. The quantitative estimate of drug-likeness (QED) is 0.214. The van der Waals surface area contributed by atoms with Gasteiger partial charge in [-0.3, -0.25) is 4.98 Å². The van der Waals surface area contributed by atoms with Gasteiger partial charge in [0.25, 0.3) is 0 Å². The van der Waals surface area contributed by atoms with E-state index in [1.807, 2.05) is 43.3 Å². The highest BCUT2D eigenvalue weighted by molar-refractivity contribution is 9.10. The number of aromatic nitrogens is 1. The number of carbonyl (C=O) groups excluding carboxylic acids is 1. The summed E-state index contributed by atoms with van der Waals surface area (Å²) < 4.78 is 33.0. The summed E-state index contributed by atoms with van der Waals surface area (Å²) in [5.74, 6) is -0.785. The second kappa shape index (κ2) is 11.9. The smallest absolute Gasteiger partial charge is 0.345 e. The monoisotopic (exact) mass is 727 g/mol. The Balaban J connectivity index is 1.22. The lowest BCUT2D eigenvalue weighted by molar-refractivity contribution is -0.330. The maximum atomic E-state index is 13.8. The molecule has 8 rings (SSSR count). The number of halogens is 1. The summed E-state index contributed by atoms with van der Waals surface area (Å²) in [6.45, 7) is 6.66. The van der Waals surface area contributed by atoms with Gasteiger partial charge in [-0.1, -0.05) is 66.2 Å². The van der Waals surface area contributed by atoms with Crippen molar-refractivity contribution in [1.29, 1.82) is 0 Å². The third-order valence-corrected chi connectivity index (χ3v) is 12.2. The van der Waals surface area contributed by atoms with Gasteiger partial charge in [0.2, 0.25) is 0 Å². The Labute approximate surface area is 292 Å². The zero-order chi connectivity index (χ0) is 34.1. The Hall–Kier alpha value is -3.83. The molecule has 0 bridgehead atoms. The third kappa shape index (κ3) is 5.18. The minimum Gasteiger partial charge on any atom is -0.482 e. The van der Waals surface area contributed by atoms with Gasteiger partial charge >= 0.3 is 11.6 Å². The molecule has 2 aliphatic heterocycles. The first-order valence-corrected chi connectivity index (χ1v) is 17.5. The van der Waals surface area contributed by atoms with E-state index in [0.717, 1.165) is 16.5 Å². The number of hydrogen-bond acceptors (Lipinski definition) is 9. The highest BCUT2D eigenvalue weighted by Gasteiger charge is 2.71. The predicted molar refractivity (Wildman–Crippen MR) is 183 cm³/mol. The van der Waals surface area contributed by atoms with Crippen LogP contribution in [0.1, 0.15) is 73.9 Å². The normalized spacial score (nSPS) is 34.7. The molecule has 9 atom stereocenters. The number of fused-ring (bicyclic) bond motifs is 6. The number of rotatable bonds is 4. The predicted octanol–water partition coefficient (Wildman–Crippen LogP) is 7.43. The molecule has 10 heteroatoms. The van der Waals surface area contributed by atoms with Crippen LogP contribution in [0.3, 0.4) is 0 Å². The van der Waals surface area contributed by atoms with Crippen molar-refractivity contribution in [3.05, 3.63) is 117 Å². The van der Waals surface area contributed by atoms with Gasteiger partial charge in [0.15, 0.2) is 6.29 Å². The van der Waals surface area contributed by atoms with Crippen LogP contribution in [0.15, 0.2) is 98.9 Å². The Kier molecular flexibility index (Phi) is 7.86. The molecule has 2 aromatic heterocycles.